The molecular formula is C31H37N11O. The molecule has 0 radical (unpaired) electrons. The van der Waals surface area contributed by atoms with Crippen LogP contribution in [0.25, 0.3) is 22.6 Å². The molecule has 0 bridgehead atoms. The maximum Gasteiger partial charge on any atom is 0.140 e. The third-order valence-electron chi connectivity index (χ3n) is 7.35. The summed E-state index contributed by atoms with van der Waals surface area (Å²) in [5.41, 5.74) is 5.34. The van der Waals surface area contributed by atoms with Crippen molar-refractivity contribution in [3.8, 4) is 17.1 Å². The molecular weight excluding hydrogens is 542 g/mol. The van der Waals surface area contributed by atoms with Crippen LogP contribution in [0.1, 0.15) is 18.1 Å². The number of anilines is 1. The molecule has 0 amide bonds. The van der Waals surface area contributed by atoms with Crippen molar-refractivity contribution in [3.05, 3.63) is 78.5 Å². The topological polar surface area (TPSA) is 131 Å². The number of fused-ring (bicyclic) bond motifs is 1. The van der Waals surface area contributed by atoms with Crippen LogP contribution < -0.4 is 15.4 Å². The summed E-state index contributed by atoms with van der Waals surface area (Å²) in [5.74, 6) is 2.42. The van der Waals surface area contributed by atoms with Gasteiger partial charge in [-0.3, -0.25) is 9.30 Å². The summed E-state index contributed by atoms with van der Waals surface area (Å²) in [7, 11) is 1.82. The first-order valence-electron chi connectivity index (χ1n) is 14.2. The number of nitrogens with one attached hydrogen (secondary N) is 3. The molecule has 43 heavy (non-hydrogen) atoms. The van der Waals surface area contributed by atoms with E-state index in [4.69, 9.17) is 10.1 Å². The Hall–Kier alpha value is -5.10. The maximum atomic E-state index is 7.59. The molecule has 0 saturated carbocycles. The second-order valence-electron chi connectivity index (χ2n) is 10.1. The Morgan fingerprint density at radius 1 is 1.09 bits per heavy atom. The van der Waals surface area contributed by atoms with Gasteiger partial charge in [0.2, 0.25) is 0 Å². The van der Waals surface area contributed by atoms with Crippen molar-refractivity contribution in [2.75, 3.05) is 51.7 Å². The van der Waals surface area contributed by atoms with Crippen molar-refractivity contribution in [2.45, 2.75) is 13.5 Å². The molecule has 0 unspecified atom stereocenters. The van der Waals surface area contributed by atoms with Gasteiger partial charge in [-0.1, -0.05) is 24.3 Å². The van der Waals surface area contributed by atoms with Crippen molar-refractivity contribution in [2.24, 2.45) is 10.2 Å². The lowest BCUT2D eigenvalue weighted by Gasteiger charge is -2.35. The smallest absolute Gasteiger partial charge is 0.140 e. The van der Waals surface area contributed by atoms with Crippen molar-refractivity contribution in [1.29, 1.82) is 5.41 Å². The second-order valence-corrected chi connectivity index (χ2v) is 10.1. The molecule has 12 heteroatoms. The van der Waals surface area contributed by atoms with Crippen LogP contribution in [-0.2, 0) is 6.54 Å². The summed E-state index contributed by atoms with van der Waals surface area (Å²) >= 11 is 0. The van der Waals surface area contributed by atoms with Crippen LogP contribution in [0.15, 0.2) is 77.6 Å². The van der Waals surface area contributed by atoms with E-state index < -0.39 is 0 Å². The zero-order valence-electron chi connectivity index (χ0n) is 24.6. The van der Waals surface area contributed by atoms with E-state index in [1.807, 2.05) is 79.4 Å². The number of allylic oxidation sites excluding steroid dienone is 1. The minimum atomic E-state index is 0.602. The molecule has 5 rings (SSSR count). The van der Waals surface area contributed by atoms with E-state index >= 15 is 0 Å². The van der Waals surface area contributed by atoms with Crippen molar-refractivity contribution >= 4 is 35.8 Å². The Morgan fingerprint density at radius 3 is 2.65 bits per heavy atom. The minimum absolute atomic E-state index is 0.602. The molecule has 3 N–H and O–H groups in total. The van der Waals surface area contributed by atoms with Crippen LogP contribution in [0, 0.1) is 5.41 Å². The van der Waals surface area contributed by atoms with Gasteiger partial charge in [0, 0.05) is 89.4 Å². The van der Waals surface area contributed by atoms with E-state index in [0.717, 1.165) is 83.9 Å². The van der Waals surface area contributed by atoms with Crippen LogP contribution in [-0.4, -0.2) is 94.3 Å². The number of hydrogen-bond acceptors (Lipinski definition) is 10. The van der Waals surface area contributed by atoms with Gasteiger partial charge in [-0.25, -0.2) is 15.0 Å². The van der Waals surface area contributed by atoms with Crippen LogP contribution in [0.3, 0.4) is 0 Å². The summed E-state index contributed by atoms with van der Waals surface area (Å²) in [5, 5.41) is 21.6. The standard InChI is InChI=1S/C31H37N11O/c1-23(39-34-3)41-12-10-40(11-13-41)14-15-43-27-8-9-42-29(21-36-31(42)16-27)28-17-30(38-22-37-28)35-19-24-4-6-25(7-5-24)26(18-32)20-33-2/h4-9,16-18,20-22,32-33H,3,10-15,19H2,1-2H3,(H,35,37,38)/b26-20+,32-18?,39-23-. The molecule has 222 valence electrons. The van der Waals surface area contributed by atoms with E-state index in [0.29, 0.717) is 13.2 Å². The van der Waals surface area contributed by atoms with Gasteiger partial charge in [-0.05, 0) is 24.1 Å². The Labute approximate surface area is 251 Å². The molecule has 12 nitrogen and oxygen atoms in total. The highest BCUT2D eigenvalue weighted by Gasteiger charge is 2.18. The number of benzene rings is 1. The summed E-state index contributed by atoms with van der Waals surface area (Å²) in [4.78, 5) is 18.1. The van der Waals surface area contributed by atoms with E-state index in [2.05, 4.69) is 52.3 Å². The highest BCUT2D eigenvalue weighted by molar-refractivity contribution is 6.08. The molecule has 0 aliphatic carbocycles. The van der Waals surface area contributed by atoms with Crippen LogP contribution >= 0.6 is 0 Å². The Kier molecular flexibility index (Phi) is 9.70. The van der Waals surface area contributed by atoms with Gasteiger partial charge in [0.25, 0.3) is 0 Å². The molecule has 1 aromatic carbocycles. The fourth-order valence-electron chi connectivity index (χ4n) is 4.96. The molecule has 1 aliphatic rings. The lowest BCUT2D eigenvalue weighted by Crippen LogP contribution is -2.48. The third kappa shape index (κ3) is 7.41. The number of ether oxygens (including phenoxy) is 1. The highest BCUT2D eigenvalue weighted by atomic mass is 16.5. The third-order valence-corrected chi connectivity index (χ3v) is 7.35. The molecule has 0 spiro atoms. The van der Waals surface area contributed by atoms with Gasteiger partial charge in [0.05, 0.1) is 17.6 Å². The normalized spacial score (nSPS) is 14.5. The average Bonchev–Trinajstić information content (AvgIpc) is 3.47. The number of pyridine rings is 1. The average molecular weight is 580 g/mol. The van der Waals surface area contributed by atoms with Crippen LogP contribution in [0.2, 0.25) is 0 Å². The van der Waals surface area contributed by atoms with Gasteiger partial charge in [0.15, 0.2) is 0 Å². The lowest BCUT2D eigenvalue weighted by atomic mass is 10.1. The van der Waals surface area contributed by atoms with Crippen LogP contribution in [0.4, 0.5) is 5.82 Å². The quantitative estimate of drug-likeness (QED) is 0.132. The molecule has 1 saturated heterocycles. The first kappa shape index (κ1) is 29.4. The number of amidine groups is 1. The number of hydrogen-bond donors (Lipinski definition) is 3. The van der Waals surface area contributed by atoms with Crippen molar-refractivity contribution < 1.29 is 4.74 Å². The van der Waals surface area contributed by atoms with Gasteiger partial charge in [0.1, 0.15) is 36.0 Å². The Morgan fingerprint density at radius 2 is 1.91 bits per heavy atom. The molecule has 4 aromatic rings. The molecule has 1 fully saturated rings. The second kappa shape index (κ2) is 14.2. The van der Waals surface area contributed by atoms with Crippen molar-refractivity contribution in [3.63, 3.8) is 0 Å². The highest BCUT2D eigenvalue weighted by Crippen LogP contribution is 2.23. The van der Waals surface area contributed by atoms with E-state index in [9.17, 15) is 0 Å². The summed E-state index contributed by atoms with van der Waals surface area (Å²) < 4.78 is 8.07. The monoisotopic (exact) mass is 579 g/mol. The van der Waals surface area contributed by atoms with Crippen molar-refractivity contribution in [1.82, 2.24) is 34.5 Å². The van der Waals surface area contributed by atoms with E-state index in [1.54, 1.807) is 6.33 Å². The maximum absolute atomic E-state index is 7.59. The van der Waals surface area contributed by atoms with Gasteiger partial charge in [-0.2, -0.15) is 5.10 Å². The lowest BCUT2D eigenvalue weighted by molar-refractivity contribution is 0.154. The zero-order chi connectivity index (χ0) is 30.0. The van der Waals surface area contributed by atoms with Gasteiger partial charge in [-0.15, -0.1) is 5.10 Å². The SMILES string of the molecule is C=N/N=C(/C)N1CCN(CCOc2ccn3c(-c4cc(NCc5ccc(/C(C=N)=C/NC)cc5)ncn4)cnc3c2)CC1. The number of rotatable bonds is 12. The minimum Gasteiger partial charge on any atom is -0.492 e. The summed E-state index contributed by atoms with van der Waals surface area (Å²) in [6.07, 6.45) is 8.48. The molecule has 0 atom stereocenters. The number of piperazine rings is 1. The predicted octanol–water partition coefficient (Wildman–Crippen LogP) is 3.64. The van der Waals surface area contributed by atoms with Crippen LogP contribution in [0.5, 0.6) is 5.75 Å². The largest absolute Gasteiger partial charge is 0.492 e. The molecule has 1 aliphatic heterocycles. The first-order valence-corrected chi connectivity index (χ1v) is 14.2. The summed E-state index contributed by atoms with van der Waals surface area (Å²) in [6, 6.07) is 13.9. The predicted molar refractivity (Wildman–Crippen MR) is 172 cm³/mol. The molecule has 4 heterocycles. The zero-order valence-corrected chi connectivity index (χ0v) is 24.6. The molecule has 3 aromatic heterocycles. The van der Waals surface area contributed by atoms with E-state index in [-0.39, 0.29) is 0 Å². The number of nitrogens with zero attached hydrogens (tertiary/aromatic N) is 8. The Bertz CT molecular complexity index is 1600. The fraction of sp³-hybridized carbons (Fsp3) is 0.290. The number of aromatic nitrogens is 4. The van der Waals surface area contributed by atoms with Gasteiger partial charge < -0.3 is 25.7 Å². The Balaban J connectivity index is 1.16. The fourth-order valence-corrected chi connectivity index (χ4v) is 4.96. The number of imidazole rings is 1. The van der Waals surface area contributed by atoms with E-state index in [1.165, 1.54) is 6.21 Å². The first-order chi connectivity index (χ1) is 21.1. The van der Waals surface area contributed by atoms with Gasteiger partial charge >= 0.3 is 0 Å². The summed E-state index contributed by atoms with van der Waals surface area (Å²) in [6.45, 7) is 11.2.